The normalized spacial score (nSPS) is 10.2. The van der Waals surface area contributed by atoms with Gasteiger partial charge in [0.2, 0.25) is 5.91 Å². The van der Waals surface area contributed by atoms with Crippen LogP contribution in [-0.4, -0.2) is 15.0 Å². The molecule has 0 spiro atoms. The molecule has 8 heteroatoms. The van der Waals surface area contributed by atoms with Gasteiger partial charge in [-0.2, -0.15) is 5.26 Å². The summed E-state index contributed by atoms with van der Waals surface area (Å²) in [6.07, 6.45) is 1.20. The van der Waals surface area contributed by atoms with E-state index >= 15 is 0 Å². The number of amides is 1. The van der Waals surface area contributed by atoms with Gasteiger partial charge in [-0.25, -0.2) is 9.36 Å². The van der Waals surface area contributed by atoms with Crippen molar-refractivity contribution in [3.63, 3.8) is 0 Å². The van der Waals surface area contributed by atoms with Gasteiger partial charge in [-0.15, -0.1) is 0 Å². The van der Waals surface area contributed by atoms with Crippen molar-refractivity contribution in [2.75, 3.05) is 5.32 Å². The van der Waals surface area contributed by atoms with Crippen molar-refractivity contribution in [3.8, 4) is 6.07 Å². The Morgan fingerprint density at radius 3 is 2.67 bits per heavy atom. The monoisotopic (exact) mass is 346 g/mol. The Morgan fingerprint density at radius 2 is 2.08 bits per heavy atom. The molecule has 0 aliphatic rings. The lowest BCUT2D eigenvalue weighted by Gasteiger charge is -2.11. The number of nitrogens with one attached hydrogen (secondary N) is 1. The molecule has 0 fully saturated rings. The summed E-state index contributed by atoms with van der Waals surface area (Å²) < 4.78 is 1.96. The van der Waals surface area contributed by atoms with Gasteiger partial charge in [-0.1, -0.05) is 11.6 Å². The molecule has 0 unspecified atom stereocenters. The third-order valence-corrected chi connectivity index (χ3v) is 3.70. The molecule has 0 saturated carbocycles. The van der Waals surface area contributed by atoms with E-state index in [2.05, 4.69) is 5.32 Å². The minimum atomic E-state index is -0.782. The lowest BCUT2D eigenvalue weighted by atomic mass is 10.2. The Bertz CT molecular complexity index is 953. The van der Waals surface area contributed by atoms with Crippen LogP contribution in [0.4, 0.5) is 5.69 Å². The number of aryl methyl sites for hydroxylation is 2. The summed E-state index contributed by atoms with van der Waals surface area (Å²) in [6.45, 7) is 3.28. The third kappa shape index (κ3) is 3.55. The van der Waals surface area contributed by atoms with Crippen molar-refractivity contribution in [2.24, 2.45) is 0 Å². The van der Waals surface area contributed by atoms with Crippen molar-refractivity contribution in [2.45, 2.75) is 26.9 Å². The Labute approximate surface area is 142 Å². The van der Waals surface area contributed by atoms with Gasteiger partial charge in [0.15, 0.2) is 0 Å². The lowest BCUT2D eigenvalue weighted by molar-refractivity contribution is -0.116. The second-order valence-corrected chi connectivity index (χ2v) is 5.56. The first-order valence-electron chi connectivity index (χ1n) is 7.17. The summed E-state index contributed by atoms with van der Waals surface area (Å²) in [7, 11) is 0. The smallest absolute Gasteiger partial charge is 0.324 e. The number of rotatable bonds is 4. The summed E-state index contributed by atoms with van der Waals surface area (Å²) in [4.78, 5) is 36.5. The van der Waals surface area contributed by atoms with Crippen molar-refractivity contribution in [1.82, 2.24) is 9.13 Å². The maximum atomic E-state index is 12.2. The molecule has 24 heavy (non-hydrogen) atoms. The van der Waals surface area contributed by atoms with Crippen LogP contribution in [0.25, 0.3) is 0 Å². The molecule has 1 N–H and O–H groups in total. The zero-order valence-electron chi connectivity index (χ0n) is 13.2. The van der Waals surface area contributed by atoms with E-state index in [4.69, 9.17) is 16.9 Å². The number of halogens is 1. The molecular weight excluding hydrogens is 332 g/mol. The van der Waals surface area contributed by atoms with E-state index in [-0.39, 0.29) is 12.1 Å². The van der Waals surface area contributed by atoms with Gasteiger partial charge in [0, 0.05) is 23.5 Å². The summed E-state index contributed by atoms with van der Waals surface area (Å²) >= 11 is 5.86. The quantitative estimate of drug-likeness (QED) is 0.907. The molecule has 2 rings (SSSR count). The number of nitrogens with zero attached hydrogens (tertiary/aromatic N) is 3. The summed E-state index contributed by atoms with van der Waals surface area (Å²) in [6, 6.07) is 6.68. The topological polar surface area (TPSA) is 96.9 Å². The number of nitriles is 1. The number of carbonyl (C=O) groups is 1. The molecule has 0 bridgehead atoms. The van der Waals surface area contributed by atoms with E-state index in [1.807, 2.05) is 0 Å². The number of benzene rings is 1. The Balaban J connectivity index is 2.34. The average Bonchev–Trinajstić information content (AvgIpc) is 2.54. The average molecular weight is 347 g/mol. The molecule has 1 amide bonds. The van der Waals surface area contributed by atoms with Gasteiger partial charge < -0.3 is 5.32 Å². The van der Waals surface area contributed by atoms with Crippen molar-refractivity contribution in [1.29, 1.82) is 5.26 Å². The first-order valence-corrected chi connectivity index (χ1v) is 7.55. The molecule has 124 valence electrons. The van der Waals surface area contributed by atoms with Crippen LogP contribution in [0.15, 0.2) is 34.0 Å². The van der Waals surface area contributed by atoms with Crippen molar-refractivity contribution < 1.29 is 4.79 Å². The van der Waals surface area contributed by atoms with Crippen LogP contribution in [0.3, 0.4) is 0 Å². The Morgan fingerprint density at radius 1 is 1.38 bits per heavy atom. The van der Waals surface area contributed by atoms with Crippen LogP contribution >= 0.6 is 11.6 Å². The van der Waals surface area contributed by atoms with Crippen LogP contribution < -0.4 is 16.6 Å². The van der Waals surface area contributed by atoms with E-state index in [0.29, 0.717) is 10.7 Å². The highest BCUT2D eigenvalue weighted by atomic mass is 35.5. The molecule has 1 aromatic carbocycles. The second kappa shape index (κ2) is 7.15. The molecule has 1 heterocycles. The Hall–Kier alpha value is -2.85. The fraction of sp³-hybridized carbons (Fsp3) is 0.250. The fourth-order valence-corrected chi connectivity index (χ4v) is 2.42. The minimum absolute atomic E-state index is 0.188. The third-order valence-electron chi connectivity index (χ3n) is 3.46. The van der Waals surface area contributed by atoms with Crippen LogP contribution in [0.1, 0.15) is 18.1 Å². The molecule has 7 nitrogen and oxygen atoms in total. The van der Waals surface area contributed by atoms with Crippen molar-refractivity contribution >= 4 is 23.2 Å². The Kier molecular flexibility index (Phi) is 5.21. The number of carbonyl (C=O) groups excluding carboxylic acids is 1. The van der Waals surface area contributed by atoms with Gasteiger partial charge in [0.05, 0.1) is 0 Å². The van der Waals surface area contributed by atoms with E-state index in [0.717, 1.165) is 10.1 Å². The van der Waals surface area contributed by atoms with Crippen LogP contribution in [-0.2, 0) is 17.9 Å². The summed E-state index contributed by atoms with van der Waals surface area (Å²) in [5, 5.41) is 12.2. The number of hydrogen-bond acceptors (Lipinski definition) is 4. The number of hydrogen-bond donors (Lipinski definition) is 1. The maximum Gasteiger partial charge on any atom is 0.331 e. The number of anilines is 1. The van der Waals surface area contributed by atoms with Crippen LogP contribution in [0, 0.1) is 18.3 Å². The highest BCUT2D eigenvalue weighted by molar-refractivity contribution is 6.30. The van der Waals surface area contributed by atoms with Crippen LogP contribution in [0.5, 0.6) is 0 Å². The highest BCUT2D eigenvalue weighted by Gasteiger charge is 2.14. The zero-order valence-corrected chi connectivity index (χ0v) is 13.9. The molecule has 0 radical (unpaired) electrons. The van der Waals surface area contributed by atoms with Gasteiger partial charge in [-0.05, 0) is 37.6 Å². The van der Waals surface area contributed by atoms with Crippen LogP contribution in [0.2, 0.25) is 5.02 Å². The van der Waals surface area contributed by atoms with Gasteiger partial charge in [0.25, 0.3) is 5.56 Å². The fourth-order valence-electron chi connectivity index (χ4n) is 2.20. The van der Waals surface area contributed by atoms with E-state index in [9.17, 15) is 14.4 Å². The van der Waals surface area contributed by atoms with Gasteiger partial charge in [-0.3, -0.25) is 14.2 Å². The van der Waals surface area contributed by atoms with E-state index in [1.54, 1.807) is 38.1 Å². The summed E-state index contributed by atoms with van der Waals surface area (Å²) in [5.74, 6) is -0.544. The number of aromatic nitrogens is 2. The lowest BCUT2D eigenvalue weighted by Crippen LogP contribution is -2.43. The largest absolute Gasteiger partial charge is 0.331 e. The van der Waals surface area contributed by atoms with E-state index in [1.165, 1.54) is 10.8 Å². The molecule has 1 aromatic heterocycles. The first kappa shape index (κ1) is 17.5. The molecule has 0 saturated heterocycles. The minimum Gasteiger partial charge on any atom is -0.324 e. The molecule has 0 aliphatic carbocycles. The molecule has 2 aromatic rings. The molecular formula is C16H15ClN4O3. The molecule has 0 aliphatic heterocycles. The predicted octanol–water partition coefficient (Wildman–Crippen LogP) is 1.50. The standard InChI is InChI=1S/C16H15ClN4O3/c1-3-20-8-11(7-18)15(23)21(16(20)24)9-14(22)19-13-5-4-12(17)6-10(13)2/h4-6,8H,3,9H2,1-2H3,(H,19,22). The van der Waals surface area contributed by atoms with Crippen molar-refractivity contribution in [3.05, 3.63) is 61.4 Å². The zero-order chi connectivity index (χ0) is 17.9. The van der Waals surface area contributed by atoms with Gasteiger partial charge >= 0.3 is 5.69 Å². The molecule has 0 atom stereocenters. The van der Waals surface area contributed by atoms with E-state index < -0.39 is 23.7 Å². The maximum absolute atomic E-state index is 12.2. The second-order valence-electron chi connectivity index (χ2n) is 5.12. The highest BCUT2D eigenvalue weighted by Crippen LogP contribution is 2.19. The first-order chi connectivity index (χ1) is 11.4. The SMILES string of the molecule is CCn1cc(C#N)c(=O)n(CC(=O)Nc2ccc(Cl)cc2C)c1=O. The predicted molar refractivity (Wildman–Crippen MR) is 90.2 cm³/mol. The summed E-state index contributed by atoms with van der Waals surface area (Å²) in [5.41, 5.74) is -0.323. The van der Waals surface area contributed by atoms with Gasteiger partial charge in [0.1, 0.15) is 18.2 Å².